The summed E-state index contributed by atoms with van der Waals surface area (Å²) in [6.45, 7) is 3.80. The Bertz CT molecular complexity index is 800. The van der Waals surface area contributed by atoms with Crippen LogP contribution in [0.25, 0.3) is 0 Å². The van der Waals surface area contributed by atoms with Crippen LogP contribution < -0.4 is 16.4 Å². The number of aromatic nitrogens is 2. The molecule has 1 saturated carbocycles. The van der Waals surface area contributed by atoms with Gasteiger partial charge in [-0.05, 0) is 57.4 Å². The molecule has 0 spiro atoms. The normalized spacial score (nSPS) is 19.1. The average Bonchev–Trinajstić information content (AvgIpc) is 3.24. The van der Waals surface area contributed by atoms with E-state index in [1.165, 1.54) is 0 Å². The molecule has 2 aromatic rings. The van der Waals surface area contributed by atoms with E-state index in [2.05, 4.69) is 20.8 Å². The number of carbonyl (C=O) groups excluding carboxylic acids is 2. The Morgan fingerprint density at radius 1 is 1.26 bits per heavy atom. The topological polar surface area (TPSA) is 122 Å². The molecule has 1 aliphatic carbocycles. The fourth-order valence-electron chi connectivity index (χ4n) is 3.23. The molecule has 1 aliphatic rings. The Balaban J connectivity index is 1.55. The van der Waals surface area contributed by atoms with Gasteiger partial charge in [0.25, 0.3) is 0 Å². The van der Waals surface area contributed by atoms with Crippen molar-refractivity contribution in [3.63, 3.8) is 0 Å². The van der Waals surface area contributed by atoms with E-state index in [9.17, 15) is 9.59 Å². The van der Waals surface area contributed by atoms with Crippen LogP contribution in [0, 0.1) is 0 Å². The van der Waals surface area contributed by atoms with Gasteiger partial charge in [-0.1, -0.05) is 0 Å². The lowest BCUT2D eigenvalue weighted by Crippen LogP contribution is -2.33. The molecule has 144 valence electrons. The van der Waals surface area contributed by atoms with Crippen molar-refractivity contribution in [2.45, 2.75) is 51.2 Å². The van der Waals surface area contributed by atoms with Crippen molar-refractivity contribution in [1.29, 1.82) is 0 Å². The number of aromatic amines is 1. The van der Waals surface area contributed by atoms with Gasteiger partial charge in [-0.3, -0.25) is 9.89 Å². The van der Waals surface area contributed by atoms with Crippen LogP contribution in [0.15, 0.2) is 30.3 Å². The maximum atomic E-state index is 11.7. The third-order valence-electron chi connectivity index (χ3n) is 4.54. The smallest absolute Gasteiger partial charge is 0.407 e. The maximum Gasteiger partial charge on any atom is 0.407 e. The van der Waals surface area contributed by atoms with E-state index in [-0.39, 0.29) is 24.2 Å². The number of amides is 2. The number of benzene rings is 1. The number of rotatable bonds is 6. The van der Waals surface area contributed by atoms with Gasteiger partial charge in [0.1, 0.15) is 6.10 Å². The van der Waals surface area contributed by atoms with Crippen molar-refractivity contribution in [3.8, 4) is 0 Å². The molecule has 3 rings (SSSR count). The van der Waals surface area contributed by atoms with Gasteiger partial charge >= 0.3 is 6.09 Å². The Hall–Kier alpha value is -3.03. The van der Waals surface area contributed by atoms with Crippen LogP contribution in [0.3, 0.4) is 0 Å². The van der Waals surface area contributed by atoms with Crippen molar-refractivity contribution in [1.82, 2.24) is 15.5 Å². The van der Waals surface area contributed by atoms with E-state index < -0.39 is 5.91 Å². The van der Waals surface area contributed by atoms with Gasteiger partial charge < -0.3 is 21.1 Å². The largest absolute Gasteiger partial charge is 0.446 e. The molecule has 1 heterocycles. The van der Waals surface area contributed by atoms with E-state index in [4.69, 9.17) is 10.5 Å². The molecular formula is C19H25N5O3. The summed E-state index contributed by atoms with van der Waals surface area (Å²) < 4.78 is 5.47. The first-order chi connectivity index (χ1) is 12.9. The van der Waals surface area contributed by atoms with Gasteiger partial charge in [0.05, 0.1) is 0 Å². The van der Waals surface area contributed by atoms with Crippen LogP contribution in [0.5, 0.6) is 0 Å². The Labute approximate surface area is 157 Å². The summed E-state index contributed by atoms with van der Waals surface area (Å²) in [5.74, 6) is 0.518. The minimum Gasteiger partial charge on any atom is -0.446 e. The molecule has 1 aromatic carbocycles. The number of alkyl carbamates (subject to hydrolysis) is 1. The van der Waals surface area contributed by atoms with E-state index in [0.717, 1.165) is 30.6 Å². The molecule has 1 aromatic heterocycles. The molecule has 0 aliphatic heterocycles. The van der Waals surface area contributed by atoms with Gasteiger partial charge in [-0.2, -0.15) is 5.10 Å². The number of nitrogens with two attached hydrogens (primary N) is 1. The van der Waals surface area contributed by atoms with Gasteiger partial charge in [-0.15, -0.1) is 0 Å². The van der Waals surface area contributed by atoms with Crippen molar-refractivity contribution in [3.05, 3.63) is 41.6 Å². The van der Waals surface area contributed by atoms with Crippen LogP contribution in [-0.4, -0.2) is 34.3 Å². The number of carbonyl (C=O) groups is 2. The number of nitrogens with one attached hydrogen (secondary N) is 3. The molecule has 5 N–H and O–H groups in total. The van der Waals surface area contributed by atoms with Crippen LogP contribution in [0.4, 0.5) is 16.3 Å². The Morgan fingerprint density at radius 3 is 2.67 bits per heavy atom. The zero-order chi connectivity index (χ0) is 19.4. The van der Waals surface area contributed by atoms with Crippen molar-refractivity contribution in [2.75, 3.05) is 5.32 Å². The molecule has 27 heavy (non-hydrogen) atoms. The number of primary amides is 1. The number of anilines is 2. The molecule has 0 bridgehead atoms. The lowest BCUT2D eigenvalue weighted by atomic mass is 10.0. The average molecular weight is 371 g/mol. The fourth-order valence-corrected chi connectivity index (χ4v) is 3.23. The number of H-pyrrole nitrogens is 1. The number of hydrogen-bond acceptors (Lipinski definition) is 5. The first-order valence-corrected chi connectivity index (χ1v) is 9.10. The summed E-state index contributed by atoms with van der Waals surface area (Å²) >= 11 is 0. The van der Waals surface area contributed by atoms with E-state index in [1.54, 1.807) is 24.3 Å². The molecule has 2 unspecified atom stereocenters. The minimum atomic E-state index is -0.455. The molecule has 0 saturated heterocycles. The van der Waals surface area contributed by atoms with Crippen molar-refractivity contribution >= 4 is 23.5 Å². The second-order valence-electron chi connectivity index (χ2n) is 7.11. The van der Waals surface area contributed by atoms with Gasteiger partial charge in [0.2, 0.25) is 5.91 Å². The van der Waals surface area contributed by atoms with E-state index >= 15 is 0 Å². The number of ether oxygens (including phenoxy) is 1. The predicted octanol–water partition coefficient (Wildman–Crippen LogP) is 3.02. The van der Waals surface area contributed by atoms with Crippen LogP contribution in [0.2, 0.25) is 0 Å². The first kappa shape index (κ1) is 18.8. The second-order valence-corrected chi connectivity index (χ2v) is 7.11. The molecule has 0 radical (unpaired) electrons. The lowest BCUT2D eigenvalue weighted by molar-refractivity contribution is 0.0978. The van der Waals surface area contributed by atoms with Crippen molar-refractivity contribution in [2.24, 2.45) is 5.73 Å². The van der Waals surface area contributed by atoms with Gasteiger partial charge in [-0.25, -0.2) is 4.79 Å². The third-order valence-corrected chi connectivity index (χ3v) is 4.54. The third kappa shape index (κ3) is 4.99. The standard InChI is InChI=1S/C19H25N5O3/c1-11(2)21-19(26)27-15-8-5-13(9-15)16-10-17(24-23-16)22-14-6-3-12(4-7-14)18(20)25/h3-4,6-7,10-11,13,15H,5,8-9H2,1-2H3,(H2,20,25)(H,21,26)(H2,22,23,24). The summed E-state index contributed by atoms with van der Waals surface area (Å²) in [6.07, 6.45) is 2.12. The molecular weight excluding hydrogens is 346 g/mol. The molecule has 8 nitrogen and oxygen atoms in total. The maximum absolute atomic E-state index is 11.7. The molecule has 1 fully saturated rings. The highest BCUT2D eigenvalue weighted by molar-refractivity contribution is 5.93. The number of hydrogen-bond donors (Lipinski definition) is 4. The van der Waals surface area contributed by atoms with Gasteiger partial charge in [0.15, 0.2) is 5.82 Å². The summed E-state index contributed by atoms with van der Waals surface area (Å²) in [6, 6.07) is 8.91. The summed E-state index contributed by atoms with van der Waals surface area (Å²) in [5.41, 5.74) is 7.53. The van der Waals surface area contributed by atoms with E-state index in [1.807, 2.05) is 19.9 Å². The SMILES string of the molecule is CC(C)NC(=O)OC1CCC(c2cc(Nc3ccc(C(N)=O)cc3)n[nH]2)C1. The summed E-state index contributed by atoms with van der Waals surface area (Å²) in [4.78, 5) is 22.8. The Kier molecular flexibility index (Phi) is 5.63. The van der Waals surface area contributed by atoms with Crippen molar-refractivity contribution < 1.29 is 14.3 Å². The van der Waals surface area contributed by atoms with Crippen LogP contribution >= 0.6 is 0 Å². The fraction of sp³-hybridized carbons (Fsp3) is 0.421. The quantitative estimate of drug-likeness (QED) is 0.622. The second kappa shape index (κ2) is 8.11. The number of nitrogens with zero attached hydrogens (tertiary/aromatic N) is 1. The highest BCUT2D eigenvalue weighted by Gasteiger charge is 2.30. The molecule has 8 heteroatoms. The summed E-state index contributed by atoms with van der Waals surface area (Å²) in [7, 11) is 0. The zero-order valence-corrected chi connectivity index (χ0v) is 15.5. The van der Waals surface area contributed by atoms with E-state index in [0.29, 0.717) is 11.4 Å². The minimum absolute atomic E-state index is 0.0629. The van der Waals surface area contributed by atoms with Crippen LogP contribution in [-0.2, 0) is 4.74 Å². The molecule has 2 amide bonds. The first-order valence-electron chi connectivity index (χ1n) is 9.10. The lowest BCUT2D eigenvalue weighted by Gasteiger charge is -2.14. The summed E-state index contributed by atoms with van der Waals surface area (Å²) in [5, 5.41) is 13.3. The highest BCUT2D eigenvalue weighted by Crippen LogP contribution is 2.36. The Morgan fingerprint density at radius 2 is 2.00 bits per heavy atom. The molecule has 2 atom stereocenters. The monoisotopic (exact) mass is 371 g/mol. The zero-order valence-electron chi connectivity index (χ0n) is 15.5. The highest BCUT2D eigenvalue weighted by atomic mass is 16.6. The van der Waals surface area contributed by atoms with Gasteiger partial charge in [0, 0.05) is 35.0 Å². The van der Waals surface area contributed by atoms with Crippen LogP contribution in [0.1, 0.15) is 55.1 Å². The predicted molar refractivity (Wildman–Crippen MR) is 102 cm³/mol.